The largest absolute Gasteiger partial charge is 0.339 e. The standard InChI is InChI=1S/C13H15Cl4N3OS/c1-7-3-4-9(8(2)5-7)18-12(22)20-11(13(15,16)17)19-10(21)6-14/h3-5,11H,6H2,1-2H3,(H,19,21)(H2,18,20,22). The van der Waals surface area contributed by atoms with Gasteiger partial charge in [0.25, 0.3) is 0 Å². The van der Waals surface area contributed by atoms with E-state index in [1.54, 1.807) is 0 Å². The molecule has 1 aromatic carbocycles. The summed E-state index contributed by atoms with van der Waals surface area (Å²) in [6.07, 6.45) is -1.02. The predicted molar refractivity (Wildman–Crippen MR) is 98.2 cm³/mol. The van der Waals surface area contributed by atoms with Gasteiger partial charge in [-0.2, -0.15) is 0 Å². The number of hydrogen-bond acceptors (Lipinski definition) is 2. The molecule has 0 saturated heterocycles. The first kappa shape index (κ1) is 19.6. The quantitative estimate of drug-likeness (QED) is 0.408. The van der Waals surface area contributed by atoms with Gasteiger partial charge in [-0.15, -0.1) is 11.6 Å². The molecule has 0 heterocycles. The Hall–Kier alpha value is -0.460. The maximum Gasteiger partial charge on any atom is 0.236 e. The molecule has 1 unspecified atom stereocenters. The summed E-state index contributed by atoms with van der Waals surface area (Å²) >= 11 is 28.1. The van der Waals surface area contributed by atoms with Gasteiger partial charge in [-0.25, -0.2) is 0 Å². The lowest BCUT2D eigenvalue weighted by Crippen LogP contribution is -2.56. The van der Waals surface area contributed by atoms with Crippen molar-refractivity contribution in [3.05, 3.63) is 29.3 Å². The number of benzene rings is 1. The van der Waals surface area contributed by atoms with Gasteiger partial charge >= 0.3 is 0 Å². The fraction of sp³-hybridized carbons (Fsp3) is 0.385. The van der Waals surface area contributed by atoms with Crippen molar-refractivity contribution in [2.75, 3.05) is 11.2 Å². The van der Waals surface area contributed by atoms with E-state index < -0.39 is 15.9 Å². The van der Waals surface area contributed by atoms with Crippen molar-refractivity contribution in [1.29, 1.82) is 0 Å². The maximum absolute atomic E-state index is 11.4. The first-order valence-corrected chi connectivity index (χ1v) is 8.28. The third kappa shape index (κ3) is 6.34. The van der Waals surface area contributed by atoms with Crippen LogP contribution in [0, 0.1) is 13.8 Å². The Labute approximate surface area is 154 Å². The molecule has 0 aliphatic carbocycles. The lowest BCUT2D eigenvalue weighted by Gasteiger charge is -2.27. The van der Waals surface area contributed by atoms with Crippen molar-refractivity contribution in [3.8, 4) is 0 Å². The van der Waals surface area contributed by atoms with Gasteiger partial charge in [-0.1, -0.05) is 52.5 Å². The summed E-state index contributed by atoms with van der Waals surface area (Å²) in [5.41, 5.74) is 2.96. The third-order valence-electron chi connectivity index (χ3n) is 2.66. The Balaban J connectivity index is 2.76. The summed E-state index contributed by atoms with van der Waals surface area (Å²) in [6, 6.07) is 5.84. The minimum atomic E-state index is -1.80. The molecule has 122 valence electrons. The highest BCUT2D eigenvalue weighted by Crippen LogP contribution is 2.29. The summed E-state index contributed by atoms with van der Waals surface area (Å²) in [5.74, 6) is -0.740. The van der Waals surface area contributed by atoms with E-state index in [1.807, 2.05) is 32.0 Å². The number of thiocarbonyl (C=S) groups is 1. The fourth-order valence-corrected chi connectivity index (χ4v) is 2.27. The van der Waals surface area contributed by atoms with Crippen molar-refractivity contribution in [2.45, 2.75) is 23.8 Å². The molecule has 0 saturated carbocycles. The van der Waals surface area contributed by atoms with Gasteiger partial charge < -0.3 is 16.0 Å². The number of rotatable bonds is 4. The van der Waals surface area contributed by atoms with Crippen molar-refractivity contribution in [1.82, 2.24) is 10.6 Å². The molecule has 1 rings (SSSR count). The van der Waals surface area contributed by atoms with Gasteiger partial charge in [0.2, 0.25) is 9.70 Å². The van der Waals surface area contributed by atoms with Gasteiger partial charge in [0.1, 0.15) is 12.0 Å². The number of anilines is 1. The molecular formula is C13H15Cl4N3OS. The summed E-state index contributed by atoms with van der Waals surface area (Å²) in [6.45, 7) is 3.94. The third-order valence-corrected chi connectivity index (χ3v) is 3.78. The Morgan fingerprint density at radius 3 is 2.41 bits per heavy atom. The first-order valence-electron chi connectivity index (χ1n) is 6.20. The highest BCUT2D eigenvalue weighted by molar-refractivity contribution is 7.80. The highest BCUT2D eigenvalue weighted by atomic mass is 35.6. The normalized spacial score (nSPS) is 12.5. The topological polar surface area (TPSA) is 53.2 Å². The second-order valence-corrected chi connectivity index (χ2v) is 7.64. The molecule has 1 atom stereocenters. The lowest BCUT2D eigenvalue weighted by atomic mass is 10.1. The smallest absolute Gasteiger partial charge is 0.236 e. The zero-order valence-electron chi connectivity index (χ0n) is 11.8. The highest BCUT2D eigenvalue weighted by Gasteiger charge is 2.34. The molecule has 4 nitrogen and oxygen atoms in total. The van der Waals surface area contributed by atoms with Crippen LogP contribution < -0.4 is 16.0 Å². The van der Waals surface area contributed by atoms with Crippen LogP contribution in [-0.4, -0.2) is 26.9 Å². The summed E-state index contributed by atoms with van der Waals surface area (Å²) < 4.78 is -1.80. The van der Waals surface area contributed by atoms with Gasteiger partial charge in [0, 0.05) is 5.69 Å². The van der Waals surface area contributed by atoms with Crippen LogP contribution >= 0.6 is 58.6 Å². The molecule has 1 aromatic rings. The van der Waals surface area contributed by atoms with Crippen LogP contribution in [0.5, 0.6) is 0 Å². The molecule has 0 aliphatic rings. The Morgan fingerprint density at radius 2 is 1.91 bits per heavy atom. The van der Waals surface area contributed by atoms with Crippen molar-refractivity contribution >= 4 is 75.3 Å². The zero-order chi connectivity index (χ0) is 16.9. The van der Waals surface area contributed by atoms with E-state index in [-0.39, 0.29) is 11.0 Å². The summed E-state index contributed by atoms with van der Waals surface area (Å²) in [7, 11) is 0. The number of alkyl halides is 4. The van der Waals surface area contributed by atoms with Gasteiger partial charge in [0.05, 0.1) is 0 Å². The number of halogens is 4. The monoisotopic (exact) mass is 401 g/mol. The van der Waals surface area contributed by atoms with Crippen LogP contribution in [0.4, 0.5) is 5.69 Å². The van der Waals surface area contributed by atoms with Crippen LogP contribution in [0.25, 0.3) is 0 Å². The Kier molecular flexibility index (Phi) is 7.49. The minimum absolute atomic E-state index is 0.207. The molecule has 0 spiro atoms. The summed E-state index contributed by atoms with van der Waals surface area (Å²) in [4.78, 5) is 11.4. The number of amides is 1. The molecule has 9 heteroatoms. The Morgan fingerprint density at radius 1 is 1.27 bits per heavy atom. The average Bonchev–Trinajstić information content (AvgIpc) is 2.40. The van der Waals surface area contributed by atoms with E-state index in [0.29, 0.717) is 0 Å². The second-order valence-electron chi connectivity index (χ2n) is 4.59. The van der Waals surface area contributed by atoms with E-state index in [1.165, 1.54) is 0 Å². The van der Waals surface area contributed by atoms with E-state index in [9.17, 15) is 4.79 Å². The number of carbonyl (C=O) groups is 1. The van der Waals surface area contributed by atoms with Crippen molar-refractivity contribution < 1.29 is 4.79 Å². The van der Waals surface area contributed by atoms with Crippen LogP contribution in [0.15, 0.2) is 18.2 Å². The minimum Gasteiger partial charge on any atom is -0.339 e. The molecule has 22 heavy (non-hydrogen) atoms. The van der Waals surface area contributed by atoms with Gasteiger partial charge in [-0.05, 0) is 37.7 Å². The molecule has 0 bridgehead atoms. The molecule has 0 fully saturated rings. The van der Waals surface area contributed by atoms with E-state index in [4.69, 9.17) is 58.6 Å². The SMILES string of the molecule is Cc1ccc(NC(=S)NC(NC(=O)CCl)C(Cl)(Cl)Cl)c(C)c1. The van der Waals surface area contributed by atoms with E-state index in [2.05, 4.69) is 16.0 Å². The molecule has 3 N–H and O–H groups in total. The first-order chi connectivity index (χ1) is 10.1. The van der Waals surface area contributed by atoms with E-state index in [0.717, 1.165) is 16.8 Å². The van der Waals surface area contributed by atoms with Crippen LogP contribution in [0.1, 0.15) is 11.1 Å². The molecule has 0 aromatic heterocycles. The lowest BCUT2D eigenvalue weighted by molar-refractivity contribution is -0.119. The van der Waals surface area contributed by atoms with Crippen LogP contribution in [0.3, 0.4) is 0 Å². The van der Waals surface area contributed by atoms with Crippen molar-refractivity contribution in [2.24, 2.45) is 0 Å². The number of nitrogens with one attached hydrogen (secondary N) is 3. The molecule has 0 radical (unpaired) electrons. The molecule has 1 amide bonds. The predicted octanol–water partition coefficient (Wildman–Crippen LogP) is 3.64. The van der Waals surface area contributed by atoms with Crippen LogP contribution in [-0.2, 0) is 4.79 Å². The van der Waals surface area contributed by atoms with Crippen LogP contribution in [0.2, 0.25) is 0 Å². The number of carbonyl (C=O) groups excluding carboxylic acids is 1. The van der Waals surface area contributed by atoms with Gasteiger partial charge in [-0.3, -0.25) is 4.79 Å². The molecule has 0 aliphatic heterocycles. The maximum atomic E-state index is 11.4. The number of aryl methyl sites for hydroxylation is 2. The Bertz CT molecular complexity index is 563. The molecular weight excluding hydrogens is 388 g/mol. The van der Waals surface area contributed by atoms with E-state index >= 15 is 0 Å². The van der Waals surface area contributed by atoms with Gasteiger partial charge in [0.15, 0.2) is 5.11 Å². The van der Waals surface area contributed by atoms with Crippen molar-refractivity contribution in [3.63, 3.8) is 0 Å². The number of hydrogen-bond donors (Lipinski definition) is 3. The fourth-order valence-electron chi connectivity index (χ4n) is 1.64. The second kappa shape index (κ2) is 8.41. The zero-order valence-corrected chi connectivity index (χ0v) is 15.7. The summed E-state index contributed by atoms with van der Waals surface area (Å²) in [5, 5.41) is 8.39. The average molecular weight is 403 g/mol.